The maximum absolute atomic E-state index is 12.1. The van der Waals surface area contributed by atoms with Gasteiger partial charge in [-0.25, -0.2) is 4.57 Å². The van der Waals surface area contributed by atoms with Crippen LogP contribution in [0.2, 0.25) is 0 Å². The number of rotatable bonds is 44. The minimum Gasteiger partial charge on any atom is -0.463 e. The molecule has 0 aliphatic rings. The Morgan fingerprint density at radius 1 is 0.500 bits per heavy atom. The van der Waals surface area contributed by atoms with Crippen LogP contribution in [0.4, 0.5) is 0 Å². The summed E-state index contributed by atoms with van der Waals surface area (Å²) in [5, 5.41) is 12.7. The predicted octanol–water partition coefficient (Wildman–Crippen LogP) is 12.8. The Kier molecular flexibility index (Phi) is 40.9. The molecule has 0 aliphatic carbocycles. The van der Waals surface area contributed by atoms with Crippen LogP contribution < -0.4 is 5.32 Å². The zero-order valence-electron chi connectivity index (χ0n) is 35.4. The van der Waals surface area contributed by atoms with Gasteiger partial charge in [0.05, 0.1) is 13.2 Å². The van der Waals surface area contributed by atoms with E-state index in [0.29, 0.717) is 6.42 Å². The van der Waals surface area contributed by atoms with Gasteiger partial charge in [-0.2, -0.15) is 0 Å². The van der Waals surface area contributed by atoms with Crippen molar-refractivity contribution in [3.63, 3.8) is 0 Å². The molecule has 9 nitrogen and oxygen atoms in total. The lowest BCUT2D eigenvalue weighted by Gasteiger charge is -2.15. The lowest BCUT2D eigenvalue weighted by molar-refractivity contribution is -0.147. The summed E-state index contributed by atoms with van der Waals surface area (Å²) in [7, 11) is -4.41. The normalized spacial score (nSPS) is 13.2. The second kappa shape index (κ2) is 41.6. The van der Waals surface area contributed by atoms with E-state index in [0.717, 1.165) is 38.5 Å². The number of amides is 1. The quantitative estimate of drug-likeness (QED) is 0.0316. The van der Waals surface area contributed by atoms with Gasteiger partial charge < -0.3 is 20.1 Å². The van der Waals surface area contributed by atoms with Gasteiger partial charge in [0.1, 0.15) is 12.7 Å². The first-order chi connectivity index (χ1) is 26.3. The Bertz CT molecular complexity index is 860. The van der Waals surface area contributed by atoms with E-state index in [4.69, 9.17) is 13.8 Å². The lowest BCUT2D eigenvalue weighted by atomic mass is 10.0. The third kappa shape index (κ3) is 42.2. The van der Waals surface area contributed by atoms with Crippen molar-refractivity contribution in [1.82, 2.24) is 5.32 Å². The third-order valence-electron chi connectivity index (χ3n) is 10.3. The highest BCUT2D eigenvalue weighted by Gasteiger charge is 2.23. The Hall–Kier alpha value is -0.990. The van der Waals surface area contributed by atoms with Crippen LogP contribution in [-0.4, -0.2) is 54.3 Å². The Morgan fingerprint density at radius 3 is 1.20 bits per heavy atom. The largest absolute Gasteiger partial charge is 0.472 e. The molecule has 0 saturated heterocycles. The van der Waals surface area contributed by atoms with E-state index < -0.39 is 26.5 Å². The number of hydrogen-bond donors (Lipinski definition) is 3. The molecule has 54 heavy (non-hydrogen) atoms. The fraction of sp³-hybridized carbons (Fsp3) is 0.955. The molecule has 2 unspecified atom stereocenters. The minimum absolute atomic E-state index is 0.0885. The van der Waals surface area contributed by atoms with E-state index in [-0.39, 0.29) is 32.1 Å². The molecule has 0 bridgehead atoms. The molecule has 322 valence electrons. The molecule has 0 heterocycles. The number of carbonyl (C=O) groups excluding carboxylic acids is 2. The first kappa shape index (κ1) is 53.0. The van der Waals surface area contributed by atoms with Crippen LogP contribution in [0.5, 0.6) is 0 Å². The van der Waals surface area contributed by atoms with Crippen molar-refractivity contribution in [2.75, 3.05) is 26.4 Å². The fourth-order valence-corrected chi connectivity index (χ4v) is 7.55. The van der Waals surface area contributed by atoms with Crippen LogP contribution in [0.25, 0.3) is 0 Å². The zero-order chi connectivity index (χ0) is 39.6. The first-order valence-electron chi connectivity index (χ1n) is 23.0. The summed E-state index contributed by atoms with van der Waals surface area (Å²) in [6.45, 7) is 3.58. The number of phosphoric ester groups is 1. The van der Waals surface area contributed by atoms with Crippen LogP contribution in [0.3, 0.4) is 0 Å². The molecule has 0 aromatic heterocycles. The van der Waals surface area contributed by atoms with Crippen LogP contribution in [-0.2, 0) is 27.9 Å². The van der Waals surface area contributed by atoms with E-state index >= 15 is 0 Å². The van der Waals surface area contributed by atoms with E-state index in [2.05, 4.69) is 19.2 Å². The number of aliphatic hydroxyl groups is 1. The molecule has 0 spiro atoms. The molecule has 0 rings (SSSR count). The van der Waals surface area contributed by atoms with Crippen molar-refractivity contribution in [2.24, 2.45) is 0 Å². The molecular weight excluding hydrogens is 701 g/mol. The lowest BCUT2D eigenvalue weighted by Crippen LogP contribution is -2.27. The van der Waals surface area contributed by atoms with E-state index in [1.807, 2.05) is 0 Å². The summed E-state index contributed by atoms with van der Waals surface area (Å²) < 4.78 is 26.8. The topological polar surface area (TPSA) is 131 Å². The maximum atomic E-state index is 12.1. The number of aliphatic hydroxyl groups excluding tert-OH is 1. The maximum Gasteiger partial charge on any atom is 0.472 e. The van der Waals surface area contributed by atoms with Crippen molar-refractivity contribution < 1.29 is 37.9 Å². The smallest absolute Gasteiger partial charge is 0.463 e. The second-order valence-corrected chi connectivity index (χ2v) is 17.2. The summed E-state index contributed by atoms with van der Waals surface area (Å²) >= 11 is 0. The van der Waals surface area contributed by atoms with Crippen LogP contribution >= 0.6 is 7.82 Å². The van der Waals surface area contributed by atoms with E-state index in [1.54, 1.807) is 0 Å². The number of nitrogens with one attached hydrogen (secondary N) is 1. The fourth-order valence-electron chi connectivity index (χ4n) is 6.79. The van der Waals surface area contributed by atoms with Gasteiger partial charge in [-0.3, -0.25) is 18.6 Å². The van der Waals surface area contributed by atoms with E-state index in [9.17, 15) is 24.2 Å². The van der Waals surface area contributed by atoms with Crippen molar-refractivity contribution in [2.45, 2.75) is 245 Å². The molecule has 0 radical (unpaired) electrons. The third-order valence-corrected chi connectivity index (χ3v) is 11.3. The van der Waals surface area contributed by atoms with Crippen LogP contribution in [0, 0.1) is 0 Å². The molecule has 1 amide bonds. The number of hydrogen-bond acceptors (Lipinski definition) is 7. The number of ether oxygens (including phenoxy) is 1. The Morgan fingerprint density at radius 2 is 0.833 bits per heavy atom. The van der Waals surface area contributed by atoms with Crippen molar-refractivity contribution in [1.29, 1.82) is 0 Å². The molecular formula is C44H88NO8P. The monoisotopic (exact) mass is 790 g/mol. The van der Waals surface area contributed by atoms with Gasteiger partial charge in [-0.05, 0) is 12.8 Å². The van der Waals surface area contributed by atoms with Gasteiger partial charge >= 0.3 is 13.8 Å². The predicted molar refractivity (Wildman–Crippen MR) is 225 cm³/mol. The highest BCUT2D eigenvalue weighted by atomic mass is 31.2. The highest BCUT2D eigenvalue weighted by molar-refractivity contribution is 7.47. The van der Waals surface area contributed by atoms with Crippen LogP contribution in [0.1, 0.15) is 239 Å². The van der Waals surface area contributed by atoms with Gasteiger partial charge in [0.2, 0.25) is 5.91 Å². The average Bonchev–Trinajstić information content (AvgIpc) is 3.16. The highest BCUT2D eigenvalue weighted by Crippen LogP contribution is 2.42. The van der Waals surface area contributed by atoms with Gasteiger partial charge in [0.25, 0.3) is 0 Å². The first-order valence-corrected chi connectivity index (χ1v) is 24.5. The van der Waals surface area contributed by atoms with Crippen molar-refractivity contribution >= 4 is 19.7 Å². The van der Waals surface area contributed by atoms with Crippen LogP contribution in [0.15, 0.2) is 0 Å². The summed E-state index contributed by atoms with van der Waals surface area (Å²) in [6.07, 6.45) is 42.0. The van der Waals surface area contributed by atoms with Crippen molar-refractivity contribution in [3.05, 3.63) is 0 Å². The van der Waals surface area contributed by atoms with Gasteiger partial charge in [0, 0.05) is 19.4 Å². The molecule has 0 aromatic rings. The number of phosphoric acid groups is 1. The zero-order valence-corrected chi connectivity index (χ0v) is 36.3. The summed E-state index contributed by atoms with van der Waals surface area (Å²) in [5.41, 5.74) is 0. The van der Waals surface area contributed by atoms with Crippen molar-refractivity contribution in [3.8, 4) is 0 Å². The number of carbonyl (C=O) groups is 2. The van der Waals surface area contributed by atoms with Gasteiger partial charge in [-0.1, -0.05) is 213 Å². The number of unbranched alkanes of at least 4 members (excludes halogenated alkanes) is 31. The summed E-state index contributed by atoms with van der Waals surface area (Å²) in [5.74, 6) is -0.505. The summed E-state index contributed by atoms with van der Waals surface area (Å²) in [6, 6.07) is 0. The summed E-state index contributed by atoms with van der Waals surface area (Å²) in [4.78, 5) is 33.8. The van der Waals surface area contributed by atoms with Gasteiger partial charge in [-0.15, -0.1) is 0 Å². The molecule has 0 aliphatic heterocycles. The Balaban J connectivity index is 3.48. The van der Waals surface area contributed by atoms with Gasteiger partial charge in [0.15, 0.2) is 0 Å². The van der Waals surface area contributed by atoms with E-state index in [1.165, 1.54) is 173 Å². The SMILES string of the molecule is CCCCCCCCCCCCCCCCCCCCCCCCCC(=O)NCCOP(=O)(O)OCC(O)COC(=O)CCCCCCCCCCCC. The molecule has 3 N–H and O–H groups in total. The molecule has 0 saturated carbocycles. The minimum atomic E-state index is -4.41. The average molecular weight is 790 g/mol. The molecule has 0 aromatic carbocycles. The Labute approximate surface area is 333 Å². The molecule has 0 fully saturated rings. The molecule has 2 atom stereocenters. The number of esters is 1. The second-order valence-electron chi connectivity index (χ2n) is 15.7. The standard InChI is InChI=1S/C44H88NO8P/c1-3-5-7-9-11-13-15-16-17-18-19-20-21-22-23-24-25-26-27-28-30-32-34-36-43(47)45-38-39-52-54(49,50)53-41-42(46)40-51-44(48)37-35-33-31-29-14-12-10-8-6-4-2/h42,46H,3-41H2,1-2H3,(H,45,47)(H,49,50). The molecule has 10 heteroatoms.